The molecule has 73 heavy (non-hydrogen) atoms. The van der Waals surface area contributed by atoms with E-state index in [-0.39, 0.29) is 18.5 Å². The van der Waals surface area contributed by atoms with Crippen LogP contribution in [0.25, 0.3) is 0 Å². The van der Waals surface area contributed by atoms with Crippen molar-refractivity contribution in [2.45, 2.75) is 366 Å². The van der Waals surface area contributed by atoms with E-state index in [4.69, 9.17) is 4.74 Å². The number of nitrogens with one attached hydrogen (secondary N) is 1. The van der Waals surface area contributed by atoms with E-state index in [0.717, 1.165) is 51.4 Å². The molecule has 6 heteroatoms. The van der Waals surface area contributed by atoms with Crippen molar-refractivity contribution < 1.29 is 24.5 Å². The quantitative estimate of drug-likeness (QED) is 0.0320. The van der Waals surface area contributed by atoms with Crippen LogP contribution in [0.5, 0.6) is 0 Å². The molecule has 0 aromatic rings. The molecule has 3 N–H and O–H groups in total. The molecule has 0 aromatic heterocycles. The lowest BCUT2D eigenvalue weighted by atomic mass is 10.0. The van der Waals surface area contributed by atoms with E-state index in [2.05, 4.69) is 43.5 Å². The van der Waals surface area contributed by atoms with Crippen LogP contribution in [-0.2, 0) is 14.3 Å². The van der Waals surface area contributed by atoms with Gasteiger partial charge in [-0.15, -0.1) is 0 Å². The van der Waals surface area contributed by atoms with Crippen LogP contribution in [-0.4, -0.2) is 47.4 Å². The Morgan fingerprint density at radius 2 is 0.685 bits per heavy atom. The number of hydrogen-bond donors (Lipinski definition) is 3. The van der Waals surface area contributed by atoms with Gasteiger partial charge >= 0.3 is 5.97 Å². The molecule has 2 atom stereocenters. The Labute approximate surface area is 455 Å². The maximum Gasteiger partial charge on any atom is 0.305 e. The van der Waals surface area contributed by atoms with Crippen molar-refractivity contribution in [2.24, 2.45) is 0 Å². The molecule has 0 heterocycles. The minimum atomic E-state index is -0.839. The molecule has 2 unspecified atom stereocenters. The maximum atomic E-state index is 12.4. The molecule has 0 bridgehead atoms. The summed E-state index contributed by atoms with van der Waals surface area (Å²) in [4.78, 5) is 24.5. The molecule has 0 aliphatic rings. The summed E-state index contributed by atoms with van der Waals surface area (Å²) in [6, 6.07) is -0.623. The molecule has 430 valence electrons. The third-order valence-electron chi connectivity index (χ3n) is 15.2. The number of allylic oxidation sites excluding steroid dienone is 5. The first-order chi connectivity index (χ1) is 36.0. The fourth-order valence-electron chi connectivity index (χ4n) is 10.1. The fourth-order valence-corrected chi connectivity index (χ4v) is 10.1. The molecule has 0 radical (unpaired) electrons. The van der Waals surface area contributed by atoms with Crippen molar-refractivity contribution in [3.05, 3.63) is 36.5 Å². The van der Waals surface area contributed by atoms with Crippen LogP contribution in [0, 0.1) is 0 Å². The Bertz CT molecular complexity index is 1180. The second kappa shape index (κ2) is 62.6. The number of aliphatic hydroxyl groups excluding tert-OH is 2. The van der Waals surface area contributed by atoms with Crippen molar-refractivity contribution in [3.8, 4) is 0 Å². The number of carbonyl (C=O) groups excluding carboxylic acids is 2. The van der Waals surface area contributed by atoms with Gasteiger partial charge in [-0.2, -0.15) is 0 Å². The van der Waals surface area contributed by atoms with Gasteiger partial charge in [0.1, 0.15) is 0 Å². The smallest absolute Gasteiger partial charge is 0.305 e. The highest BCUT2D eigenvalue weighted by atomic mass is 16.5. The summed E-state index contributed by atoms with van der Waals surface area (Å²) in [5.74, 6) is -0.0586. The zero-order chi connectivity index (χ0) is 52.9. The molecule has 0 aliphatic heterocycles. The van der Waals surface area contributed by atoms with E-state index >= 15 is 0 Å². The van der Waals surface area contributed by atoms with Gasteiger partial charge in [0, 0.05) is 12.8 Å². The van der Waals surface area contributed by atoms with Gasteiger partial charge in [-0.1, -0.05) is 314 Å². The molecule has 0 fully saturated rings. The largest absolute Gasteiger partial charge is 0.466 e. The van der Waals surface area contributed by atoms with Crippen LogP contribution in [0.15, 0.2) is 36.5 Å². The van der Waals surface area contributed by atoms with Crippen LogP contribution in [0.1, 0.15) is 354 Å². The van der Waals surface area contributed by atoms with Crippen molar-refractivity contribution in [3.63, 3.8) is 0 Å². The summed E-state index contributed by atoms with van der Waals surface area (Å²) < 4.78 is 5.48. The monoisotopic (exact) mass is 1030 g/mol. The van der Waals surface area contributed by atoms with Gasteiger partial charge in [0.2, 0.25) is 5.91 Å². The summed E-state index contributed by atoms with van der Waals surface area (Å²) in [5, 5.41) is 23.0. The predicted octanol–water partition coefficient (Wildman–Crippen LogP) is 20.8. The number of ether oxygens (including phenoxy) is 1. The van der Waals surface area contributed by atoms with Gasteiger partial charge in [-0.05, 0) is 64.2 Å². The van der Waals surface area contributed by atoms with Gasteiger partial charge in [0.25, 0.3) is 0 Å². The molecular weight excluding hydrogens is 899 g/mol. The molecule has 0 spiro atoms. The molecular formula is C67H127NO5. The van der Waals surface area contributed by atoms with Crippen LogP contribution in [0.3, 0.4) is 0 Å². The SMILES string of the molecule is CCCCC/C=C\C/C=C\CCCCCCCC(=O)OCCCCCCCCCCCCCCCCCCCCCCCCCCCCCCCCCC(=O)NC(CO)C(O)/C=C/CCCCCCCCCC. The van der Waals surface area contributed by atoms with Crippen LogP contribution >= 0.6 is 0 Å². The molecule has 0 aliphatic carbocycles. The number of carbonyl (C=O) groups is 2. The third kappa shape index (κ3) is 59.2. The summed E-state index contributed by atoms with van der Waals surface area (Å²) in [5.41, 5.74) is 0. The Balaban J connectivity index is 3.32. The Morgan fingerprint density at radius 3 is 1.07 bits per heavy atom. The first-order valence-electron chi connectivity index (χ1n) is 32.8. The Morgan fingerprint density at radius 1 is 0.384 bits per heavy atom. The van der Waals surface area contributed by atoms with E-state index in [1.54, 1.807) is 6.08 Å². The van der Waals surface area contributed by atoms with Crippen LogP contribution in [0.4, 0.5) is 0 Å². The molecule has 0 rings (SSSR count). The normalized spacial score (nSPS) is 12.8. The molecule has 0 saturated carbocycles. The third-order valence-corrected chi connectivity index (χ3v) is 15.2. The number of unbranched alkanes of at least 4 members (excludes halogenated alkanes) is 46. The van der Waals surface area contributed by atoms with E-state index < -0.39 is 12.1 Å². The first kappa shape index (κ1) is 71.1. The number of rotatable bonds is 61. The lowest BCUT2D eigenvalue weighted by Gasteiger charge is -2.20. The number of aliphatic hydroxyl groups is 2. The number of amides is 1. The highest BCUT2D eigenvalue weighted by Gasteiger charge is 2.18. The lowest BCUT2D eigenvalue weighted by molar-refractivity contribution is -0.143. The zero-order valence-corrected chi connectivity index (χ0v) is 49.1. The van der Waals surface area contributed by atoms with Crippen molar-refractivity contribution >= 4 is 11.9 Å². The van der Waals surface area contributed by atoms with Gasteiger partial charge in [0.15, 0.2) is 0 Å². The molecule has 1 amide bonds. The Hall–Kier alpha value is -1.92. The summed E-state index contributed by atoms with van der Waals surface area (Å²) in [6.45, 7) is 4.87. The van der Waals surface area contributed by atoms with Gasteiger partial charge in [-0.3, -0.25) is 9.59 Å². The highest BCUT2D eigenvalue weighted by Crippen LogP contribution is 2.18. The number of esters is 1. The molecule has 0 aromatic carbocycles. The number of hydrogen-bond acceptors (Lipinski definition) is 5. The van der Waals surface area contributed by atoms with E-state index in [1.807, 2.05) is 6.08 Å². The van der Waals surface area contributed by atoms with Crippen molar-refractivity contribution in [2.75, 3.05) is 13.2 Å². The summed E-state index contributed by atoms with van der Waals surface area (Å²) >= 11 is 0. The second-order valence-electron chi connectivity index (χ2n) is 22.5. The zero-order valence-electron chi connectivity index (χ0n) is 49.1. The maximum absolute atomic E-state index is 12.4. The van der Waals surface area contributed by atoms with Crippen molar-refractivity contribution in [1.29, 1.82) is 0 Å². The molecule has 0 saturated heterocycles. The minimum Gasteiger partial charge on any atom is -0.466 e. The average Bonchev–Trinajstić information content (AvgIpc) is 3.39. The van der Waals surface area contributed by atoms with Gasteiger partial charge in [-0.25, -0.2) is 0 Å². The first-order valence-corrected chi connectivity index (χ1v) is 32.8. The van der Waals surface area contributed by atoms with Gasteiger partial charge < -0.3 is 20.3 Å². The minimum absolute atomic E-state index is 0.00628. The summed E-state index contributed by atoms with van der Waals surface area (Å²) in [6.07, 6.45) is 79.4. The van der Waals surface area contributed by atoms with Gasteiger partial charge in [0.05, 0.1) is 25.4 Å². The van der Waals surface area contributed by atoms with E-state index in [0.29, 0.717) is 19.4 Å². The standard InChI is InChI=1S/C67H127NO5/c1-3-5-7-9-11-13-15-16-34-38-41-45-49-53-57-61-67(72)73-62-58-54-50-46-42-39-36-33-31-29-27-25-23-21-19-17-18-20-22-24-26-28-30-32-35-37-40-44-48-52-56-60-66(71)68-64(63-69)65(70)59-55-51-47-43-14-12-10-8-6-4-2/h11,13,16,34,55,59,64-65,69-70H,3-10,12,14-15,17-33,35-54,56-58,60-63H2,1-2H3,(H,68,71)/b13-11-,34-16-,59-55+. The Kier molecular flexibility index (Phi) is 61.0. The van der Waals surface area contributed by atoms with E-state index in [9.17, 15) is 19.8 Å². The highest BCUT2D eigenvalue weighted by molar-refractivity contribution is 5.76. The summed E-state index contributed by atoms with van der Waals surface area (Å²) in [7, 11) is 0. The average molecular weight is 1030 g/mol. The fraction of sp³-hybridized carbons (Fsp3) is 0.881. The topological polar surface area (TPSA) is 95.9 Å². The lowest BCUT2D eigenvalue weighted by Crippen LogP contribution is -2.45. The van der Waals surface area contributed by atoms with Crippen LogP contribution in [0.2, 0.25) is 0 Å². The molecule has 6 nitrogen and oxygen atoms in total. The van der Waals surface area contributed by atoms with Crippen LogP contribution < -0.4 is 5.32 Å². The predicted molar refractivity (Wildman–Crippen MR) is 319 cm³/mol. The van der Waals surface area contributed by atoms with E-state index in [1.165, 1.54) is 276 Å². The van der Waals surface area contributed by atoms with Crippen molar-refractivity contribution in [1.82, 2.24) is 5.32 Å². The second-order valence-corrected chi connectivity index (χ2v) is 22.5.